The molecule has 0 N–H and O–H groups in total. The van der Waals surface area contributed by atoms with Crippen molar-refractivity contribution in [3.05, 3.63) is 65.0 Å². The van der Waals surface area contributed by atoms with Crippen molar-refractivity contribution >= 4 is 33.2 Å². The fourth-order valence-electron chi connectivity index (χ4n) is 4.19. The van der Waals surface area contributed by atoms with Crippen molar-refractivity contribution in [3.63, 3.8) is 0 Å². The molecule has 4 rings (SSSR count). The molecular weight excluding hydrogens is 406 g/mol. The summed E-state index contributed by atoms with van der Waals surface area (Å²) in [5, 5.41) is 3.79. The molecule has 0 unspecified atom stereocenters. The molecule has 0 aliphatic carbocycles. The molecule has 0 radical (unpaired) electrons. The summed E-state index contributed by atoms with van der Waals surface area (Å²) < 4.78 is 7.88. The lowest BCUT2D eigenvalue weighted by atomic mass is 9.92. The standard InChI is InChI=1S/C26H33NOS2/c1-3-18-28-26(20-30-23-10-8-21(2)9-11-23)13-16-27(17-14-26)15-12-22-19-29-25-7-5-4-6-24(22)25/h4-11,19H,3,12-18,20H2,1-2H3. The minimum absolute atomic E-state index is 0.0249. The summed E-state index contributed by atoms with van der Waals surface area (Å²) in [5.41, 5.74) is 2.85. The Morgan fingerprint density at radius 2 is 1.83 bits per heavy atom. The molecule has 0 bridgehead atoms. The first-order valence-electron chi connectivity index (χ1n) is 11.2. The van der Waals surface area contributed by atoms with Gasteiger partial charge in [0, 0.05) is 41.6 Å². The first-order valence-corrected chi connectivity index (χ1v) is 13.0. The molecule has 3 aromatic rings. The van der Waals surface area contributed by atoms with E-state index in [2.05, 4.69) is 72.7 Å². The number of thioether (sulfide) groups is 1. The Hall–Kier alpha value is -1.33. The topological polar surface area (TPSA) is 12.5 Å². The van der Waals surface area contributed by atoms with E-state index in [9.17, 15) is 0 Å². The van der Waals surface area contributed by atoms with Crippen molar-refractivity contribution in [1.82, 2.24) is 4.90 Å². The molecule has 2 nitrogen and oxygen atoms in total. The van der Waals surface area contributed by atoms with Gasteiger partial charge in [-0.05, 0) is 67.1 Å². The molecule has 30 heavy (non-hydrogen) atoms. The largest absolute Gasteiger partial charge is 0.374 e. The van der Waals surface area contributed by atoms with Crippen LogP contribution in [0.15, 0.2) is 58.8 Å². The van der Waals surface area contributed by atoms with E-state index in [0.29, 0.717) is 0 Å². The molecule has 0 amide bonds. The van der Waals surface area contributed by atoms with E-state index >= 15 is 0 Å². The zero-order valence-electron chi connectivity index (χ0n) is 18.2. The molecule has 2 heterocycles. The zero-order chi connectivity index (χ0) is 20.8. The maximum Gasteiger partial charge on any atom is 0.0800 e. The summed E-state index contributed by atoms with van der Waals surface area (Å²) in [6.45, 7) is 8.65. The van der Waals surface area contributed by atoms with Crippen LogP contribution in [0.4, 0.5) is 0 Å². The number of hydrogen-bond donors (Lipinski definition) is 0. The van der Waals surface area contributed by atoms with Gasteiger partial charge in [-0.15, -0.1) is 23.1 Å². The van der Waals surface area contributed by atoms with Crippen LogP contribution in [0.2, 0.25) is 0 Å². The van der Waals surface area contributed by atoms with Gasteiger partial charge in [0.15, 0.2) is 0 Å². The monoisotopic (exact) mass is 439 g/mol. The van der Waals surface area contributed by atoms with Crippen LogP contribution >= 0.6 is 23.1 Å². The van der Waals surface area contributed by atoms with E-state index in [1.54, 1.807) is 0 Å². The highest BCUT2D eigenvalue weighted by molar-refractivity contribution is 7.99. The Balaban J connectivity index is 1.32. The Morgan fingerprint density at radius 3 is 2.60 bits per heavy atom. The quantitative estimate of drug-likeness (QED) is 0.340. The predicted octanol–water partition coefficient (Wildman–Crippen LogP) is 6.81. The number of likely N-dealkylation sites (tertiary alicyclic amines) is 1. The summed E-state index contributed by atoms with van der Waals surface area (Å²) in [6.07, 6.45) is 4.50. The molecule has 0 atom stereocenters. The van der Waals surface area contributed by atoms with Crippen LogP contribution in [-0.2, 0) is 11.2 Å². The Kier molecular flexibility index (Phi) is 7.53. The summed E-state index contributed by atoms with van der Waals surface area (Å²) in [6, 6.07) is 17.7. The van der Waals surface area contributed by atoms with E-state index < -0.39 is 0 Å². The van der Waals surface area contributed by atoms with Crippen LogP contribution in [-0.4, -0.2) is 42.5 Å². The molecule has 160 valence electrons. The summed E-state index contributed by atoms with van der Waals surface area (Å²) >= 11 is 3.83. The lowest BCUT2D eigenvalue weighted by Gasteiger charge is -2.41. The van der Waals surface area contributed by atoms with Gasteiger partial charge in [-0.2, -0.15) is 0 Å². The van der Waals surface area contributed by atoms with Crippen LogP contribution < -0.4 is 0 Å². The Bertz CT molecular complexity index is 926. The van der Waals surface area contributed by atoms with E-state index in [1.807, 2.05) is 23.1 Å². The Labute approximate surface area is 189 Å². The second kappa shape index (κ2) is 10.3. The second-order valence-electron chi connectivity index (χ2n) is 8.48. The van der Waals surface area contributed by atoms with Crippen molar-refractivity contribution in [2.75, 3.05) is 32.0 Å². The number of nitrogens with zero attached hydrogens (tertiary/aromatic N) is 1. The molecule has 1 aliphatic heterocycles. The third-order valence-electron chi connectivity index (χ3n) is 6.16. The molecule has 2 aromatic carbocycles. The number of piperidine rings is 1. The number of benzene rings is 2. The highest BCUT2D eigenvalue weighted by Gasteiger charge is 2.35. The SMILES string of the molecule is CCCOC1(CSc2ccc(C)cc2)CCN(CCc2csc3ccccc23)CC1. The van der Waals surface area contributed by atoms with Crippen molar-refractivity contribution in [2.24, 2.45) is 0 Å². The fraction of sp³-hybridized carbons (Fsp3) is 0.462. The van der Waals surface area contributed by atoms with E-state index in [1.165, 1.54) is 26.1 Å². The van der Waals surface area contributed by atoms with Crippen molar-refractivity contribution in [3.8, 4) is 0 Å². The third-order valence-corrected chi connectivity index (χ3v) is 8.45. The lowest BCUT2D eigenvalue weighted by Crippen LogP contribution is -2.48. The van der Waals surface area contributed by atoms with Gasteiger partial charge >= 0.3 is 0 Å². The summed E-state index contributed by atoms with van der Waals surface area (Å²) in [4.78, 5) is 3.99. The third kappa shape index (κ3) is 5.47. The average molecular weight is 440 g/mol. The average Bonchev–Trinajstić information content (AvgIpc) is 3.20. The summed E-state index contributed by atoms with van der Waals surface area (Å²) in [7, 11) is 0. The maximum absolute atomic E-state index is 6.48. The zero-order valence-corrected chi connectivity index (χ0v) is 19.9. The van der Waals surface area contributed by atoms with E-state index in [0.717, 1.165) is 57.7 Å². The van der Waals surface area contributed by atoms with Crippen LogP contribution in [0.25, 0.3) is 10.1 Å². The van der Waals surface area contributed by atoms with Gasteiger partial charge in [-0.3, -0.25) is 0 Å². The first kappa shape index (κ1) is 21.9. The number of aryl methyl sites for hydroxylation is 1. The smallest absolute Gasteiger partial charge is 0.0800 e. The van der Waals surface area contributed by atoms with E-state index in [-0.39, 0.29) is 5.60 Å². The van der Waals surface area contributed by atoms with E-state index in [4.69, 9.17) is 4.74 Å². The predicted molar refractivity (Wildman–Crippen MR) is 132 cm³/mol. The van der Waals surface area contributed by atoms with Gasteiger partial charge in [-0.1, -0.05) is 42.8 Å². The van der Waals surface area contributed by atoms with Gasteiger partial charge in [-0.25, -0.2) is 0 Å². The van der Waals surface area contributed by atoms with Gasteiger partial charge < -0.3 is 9.64 Å². The highest BCUT2D eigenvalue weighted by atomic mass is 32.2. The highest BCUT2D eigenvalue weighted by Crippen LogP contribution is 2.34. The number of fused-ring (bicyclic) bond motifs is 1. The molecule has 0 spiro atoms. The molecule has 1 aromatic heterocycles. The minimum atomic E-state index is 0.0249. The molecule has 1 fully saturated rings. The van der Waals surface area contributed by atoms with Crippen molar-refractivity contribution in [1.29, 1.82) is 0 Å². The number of hydrogen-bond acceptors (Lipinski definition) is 4. The van der Waals surface area contributed by atoms with Crippen LogP contribution in [0.5, 0.6) is 0 Å². The van der Waals surface area contributed by atoms with Crippen molar-refractivity contribution in [2.45, 2.75) is 50.0 Å². The van der Waals surface area contributed by atoms with Crippen LogP contribution in [0, 0.1) is 6.92 Å². The normalized spacial score (nSPS) is 16.9. The van der Waals surface area contributed by atoms with Crippen LogP contribution in [0.1, 0.15) is 37.3 Å². The van der Waals surface area contributed by atoms with Gasteiger partial charge in [0.2, 0.25) is 0 Å². The maximum atomic E-state index is 6.48. The molecule has 1 aliphatic rings. The van der Waals surface area contributed by atoms with Crippen molar-refractivity contribution < 1.29 is 4.74 Å². The fourth-order valence-corrected chi connectivity index (χ4v) is 6.31. The summed E-state index contributed by atoms with van der Waals surface area (Å²) in [5.74, 6) is 1.05. The van der Waals surface area contributed by atoms with Crippen LogP contribution in [0.3, 0.4) is 0 Å². The Morgan fingerprint density at radius 1 is 1.07 bits per heavy atom. The molecule has 1 saturated heterocycles. The molecule has 4 heteroatoms. The number of ether oxygens (including phenoxy) is 1. The van der Waals surface area contributed by atoms with Gasteiger partial charge in [0.1, 0.15) is 0 Å². The number of rotatable bonds is 9. The molecular formula is C26H33NOS2. The van der Waals surface area contributed by atoms with Gasteiger partial charge in [0.05, 0.1) is 5.60 Å². The second-order valence-corrected chi connectivity index (χ2v) is 10.4. The van der Waals surface area contributed by atoms with Gasteiger partial charge in [0.25, 0.3) is 0 Å². The minimum Gasteiger partial charge on any atom is -0.374 e. The number of thiophene rings is 1. The first-order chi connectivity index (χ1) is 14.7. The lowest BCUT2D eigenvalue weighted by molar-refractivity contribution is -0.0669. The molecule has 0 saturated carbocycles.